The van der Waals surface area contributed by atoms with Crippen LogP contribution < -0.4 is 20.7 Å². The normalized spacial score (nSPS) is 20.6. The van der Waals surface area contributed by atoms with Crippen molar-refractivity contribution < 1.29 is 22.6 Å². The fourth-order valence-corrected chi connectivity index (χ4v) is 3.48. The number of anilines is 3. The van der Waals surface area contributed by atoms with Crippen LogP contribution in [0.5, 0.6) is 5.75 Å². The molecule has 10 heteroatoms. The van der Waals surface area contributed by atoms with Crippen LogP contribution in [0.1, 0.15) is 25.3 Å². The third-order valence-corrected chi connectivity index (χ3v) is 5.33. The molecule has 0 aliphatic carbocycles. The highest BCUT2D eigenvalue weighted by Crippen LogP contribution is 2.35. The van der Waals surface area contributed by atoms with E-state index in [1.165, 1.54) is 0 Å². The minimum absolute atomic E-state index is 0.0439. The van der Waals surface area contributed by atoms with Crippen LogP contribution in [-0.4, -0.2) is 48.9 Å². The number of nitrogens with zero attached hydrogens (tertiary/aromatic N) is 2. The molecule has 3 N–H and O–H groups in total. The maximum Gasteiger partial charge on any atom is 0.421 e. The van der Waals surface area contributed by atoms with Gasteiger partial charge in [-0.25, -0.2) is 4.98 Å². The molecule has 3 heterocycles. The smallest absolute Gasteiger partial charge is 0.421 e. The van der Waals surface area contributed by atoms with Crippen LogP contribution in [0, 0.1) is 5.41 Å². The second kappa shape index (κ2) is 8.88. The van der Waals surface area contributed by atoms with Crippen molar-refractivity contribution in [3.8, 4) is 5.75 Å². The Labute approximate surface area is 178 Å². The molecule has 1 atom stereocenters. The molecule has 1 aromatic carbocycles. The molecule has 0 spiro atoms. The van der Waals surface area contributed by atoms with Gasteiger partial charge in [-0.15, -0.1) is 0 Å². The van der Waals surface area contributed by atoms with Crippen LogP contribution in [0.2, 0.25) is 0 Å². The van der Waals surface area contributed by atoms with Gasteiger partial charge in [0.25, 0.3) is 0 Å². The summed E-state index contributed by atoms with van der Waals surface area (Å²) in [5.41, 5.74) is -0.182. The van der Waals surface area contributed by atoms with E-state index < -0.39 is 11.7 Å². The lowest BCUT2D eigenvalue weighted by Gasteiger charge is -2.37. The van der Waals surface area contributed by atoms with Crippen molar-refractivity contribution in [2.45, 2.75) is 32.0 Å². The van der Waals surface area contributed by atoms with Crippen molar-refractivity contribution in [2.75, 3.05) is 43.5 Å². The lowest BCUT2D eigenvalue weighted by Crippen LogP contribution is -2.44. The van der Waals surface area contributed by atoms with Crippen molar-refractivity contribution in [1.82, 2.24) is 15.3 Å². The standard InChI is InChI=1S/C21H26F3N5O2/c1-20(11-30-12-20)13-31-16-6-4-14(5-7-16)28-19-26-10-17(21(22,23)24)18(29-19)27-15-3-2-8-25-9-15/h4-7,10,15,25H,2-3,8-9,11-13H2,1H3,(H2,26,27,28,29)/t15-/m1/s1. The van der Waals surface area contributed by atoms with Crippen molar-refractivity contribution in [2.24, 2.45) is 5.41 Å². The van der Waals surface area contributed by atoms with Gasteiger partial charge in [0.15, 0.2) is 0 Å². The fourth-order valence-electron chi connectivity index (χ4n) is 3.48. The van der Waals surface area contributed by atoms with Crippen molar-refractivity contribution in [1.29, 1.82) is 0 Å². The highest BCUT2D eigenvalue weighted by molar-refractivity contribution is 5.57. The molecule has 4 rings (SSSR count). The first kappa shape index (κ1) is 21.6. The van der Waals surface area contributed by atoms with Gasteiger partial charge in [-0.05, 0) is 43.7 Å². The number of benzene rings is 1. The molecule has 2 aromatic rings. The van der Waals surface area contributed by atoms with Gasteiger partial charge in [0.2, 0.25) is 5.95 Å². The van der Waals surface area contributed by atoms with Gasteiger partial charge in [0.05, 0.1) is 19.8 Å². The van der Waals surface area contributed by atoms with Gasteiger partial charge in [-0.2, -0.15) is 18.2 Å². The second-order valence-corrected chi connectivity index (χ2v) is 8.38. The summed E-state index contributed by atoms with van der Waals surface area (Å²) >= 11 is 0. The van der Waals surface area contributed by atoms with E-state index in [9.17, 15) is 13.2 Å². The predicted octanol–water partition coefficient (Wildman–Crippen LogP) is 3.82. The molecule has 0 unspecified atom stereocenters. The summed E-state index contributed by atoms with van der Waals surface area (Å²) in [7, 11) is 0. The number of halogens is 3. The first-order valence-corrected chi connectivity index (χ1v) is 10.3. The van der Waals surface area contributed by atoms with Gasteiger partial charge < -0.3 is 25.4 Å². The van der Waals surface area contributed by atoms with Crippen LogP contribution in [-0.2, 0) is 10.9 Å². The highest BCUT2D eigenvalue weighted by atomic mass is 19.4. The van der Waals surface area contributed by atoms with Crippen molar-refractivity contribution >= 4 is 17.5 Å². The Morgan fingerprint density at radius 2 is 2.03 bits per heavy atom. The summed E-state index contributed by atoms with van der Waals surface area (Å²) < 4.78 is 51.3. The van der Waals surface area contributed by atoms with E-state index >= 15 is 0 Å². The van der Waals surface area contributed by atoms with Crippen LogP contribution in [0.4, 0.5) is 30.6 Å². The Hall–Kier alpha value is -2.59. The number of hydrogen-bond acceptors (Lipinski definition) is 7. The quantitative estimate of drug-likeness (QED) is 0.608. The Morgan fingerprint density at radius 1 is 1.26 bits per heavy atom. The Bertz CT molecular complexity index is 882. The maximum absolute atomic E-state index is 13.4. The number of hydrogen-bond donors (Lipinski definition) is 3. The summed E-state index contributed by atoms with van der Waals surface area (Å²) in [5.74, 6) is 0.584. The summed E-state index contributed by atoms with van der Waals surface area (Å²) in [6, 6.07) is 7.02. The van der Waals surface area contributed by atoms with Gasteiger partial charge in [-0.3, -0.25) is 0 Å². The van der Waals surface area contributed by atoms with Crippen LogP contribution in [0.15, 0.2) is 30.5 Å². The fraction of sp³-hybridized carbons (Fsp3) is 0.524. The number of alkyl halides is 3. The minimum atomic E-state index is -4.54. The topological polar surface area (TPSA) is 80.3 Å². The van der Waals surface area contributed by atoms with Crippen LogP contribution in [0.3, 0.4) is 0 Å². The van der Waals surface area contributed by atoms with E-state index in [1.54, 1.807) is 24.3 Å². The molecule has 31 heavy (non-hydrogen) atoms. The largest absolute Gasteiger partial charge is 0.493 e. The Kier molecular flexibility index (Phi) is 6.19. The van der Waals surface area contributed by atoms with E-state index in [4.69, 9.17) is 9.47 Å². The molecule has 2 saturated heterocycles. The average Bonchev–Trinajstić information content (AvgIpc) is 2.72. The molecule has 2 aliphatic heterocycles. The van der Waals surface area contributed by atoms with Crippen molar-refractivity contribution in [3.63, 3.8) is 0 Å². The zero-order valence-corrected chi connectivity index (χ0v) is 17.3. The molecule has 0 bridgehead atoms. The third-order valence-electron chi connectivity index (χ3n) is 5.33. The number of aromatic nitrogens is 2. The van der Waals surface area contributed by atoms with Crippen LogP contribution in [0.25, 0.3) is 0 Å². The maximum atomic E-state index is 13.4. The van der Waals surface area contributed by atoms with E-state index in [2.05, 4.69) is 32.8 Å². The van der Waals surface area contributed by atoms with Gasteiger partial charge in [0, 0.05) is 29.9 Å². The SMILES string of the molecule is CC1(COc2ccc(Nc3ncc(C(F)(F)F)c(N[C@@H]4CCCNC4)n3)cc2)COC1. The molecule has 0 saturated carbocycles. The Morgan fingerprint density at radius 3 is 2.65 bits per heavy atom. The van der Waals surface area contributed by atoms with Gasteiger partial charge >= 0.3 is 6.18 Å². The summed E-state index contributed by atoms with van der Waals surface area (Å²) in [4.78, 5) is 7.97. The number of rotatable bonds is 7. The monoisotopic (exact) mass is 437 g/mol. The number of piperidine rings is 1. The molecular weight excluding hydrogens is 411 g/mol. The number of nitrogens with one attached hydrogen (secondary N) is 3. The Balaban J connectivity index is 1.44. The predicted molar refractivity (Wildman–Crippen MR) is 111 cm³/mol. The van der Waals surface area contributed by atoms with E-state index in [-0.39, 0.29) is 23.2 Å². The molecule has 0 radical (unpaired) electrons. The summed E-state index contributed by atoms with van der Waals surface area (Å²) in [5, 5.41) is 9.07. The lowest BCUT2D eigenvalue weighted by molar-refractivity contribution is -0.137. The summed E-state index contributed by atoms with van der Waals surface area (Å²) in [6.07, 6.45) is -2.05. The first-order chi connectivity index (χ1) is 14.8. The van der Waals surface area contributed by atoms with Crippen molar-refractivity contribution in [3.05, 3.63) is 36.0 Å². The summed E-state index contributed by atoms with van der Waals surface area (Å²) in [6.45, 7) is 5.50. The molecule has 1 aromatic heterocycles. The van der Waals surface area contributed by atoms with E-state index in [0.717, 1.165) is 25.6 Å². The number of ether oxygens (including phenoxy) is 2. The lowest BCUT2D eigenvalue weighted by atomic mass is 9.90. The molecule has 2 fully saturated rings. The highest BCUT2D eigenvalue weighted by Gasteiger charge is 2.36. The second-order valence-electron chi connectivity index (χ2n) is 8.38. The third kappa shape index (κ3) is 5.56. The zero-order valence-electron chi connectivity index (χ0n) is 17.3. The molecule has 7 nitrogen and oxygen atoms in total. The molecular formula is C21H26F3N5O2. The average molecular weight is 437 g/mol. The van der Waals surface area contributed by atoms with Crippen LogP contribution >= 0.6 is 0 Å². The molecule has 168 valence electrons. The van der Waals surface area contributed by atoms with Gasteiger partial charge in [0.1, 0.15) is 17.1 Å². The van der Waals surface area contributed by atoms with Gasteiger partial charge in [-0.1, -0.05) is 6.92 Å². The van der Waals surface area contributed by atoms with E-state index in [1.807, 2.05) is 0 Å². The zero-order chi connectivity index (χ0) is 21.9. The molecule has 0 amide bonds. The first-order valence-electron chi connectivity index (χ1n) is 10.3. The van der Waals surface area contributed by atoms with E-state index in [0.29, 0.717) is 37.8 Å². The minimum Gasteiger partial charge on any atom is -0.493 e. The molecule has 2 aliphatic rings.